The van der Waals surface area contributed by atoms with Crippen molar-refractivity contribution in [1.82, 2.24) is 20.3 Å². The number of carbonyl (C=O) groups is 2. The molecule has 0 fully saturated rings. The molecule has 0 spiro atoms. The molecule has 1 heterocycles. The summed E-state index contributed by atoms with van der Waals surface area (Å²) in [6.07, 6.45) is 1.49. The molecule has 0 aliphatic carbocycles. The van der Waals surface area contributed by atoms with Gasteiger partial charge in [-0.05, 0) is 18.6 Å². The summed E-state index contributed by atoms with van der Waals surface area (Å²) in [5, 5.41) is 10.5. The molecule has 1 N–H and O–H groups in total. The lowest BCUT2D eigenvalue weighted by molar-refractivity contribution is -0.124. The summed E-state index contributed by atoms with van der Waals surface area (Å²) in [6, 6.07) is 16.8. The lowest BCUT2D eigenvalue weighted by Gasteiger charge is -2.17. The number of para-hydroxylation sites is 1. The second kappa shape index (κ2) is 9.50. The molecule has 0 saturated carbocycles. The highest BCUT2D eigenvalue weighted by Crippen LogP contribution is 2.24. The van der Waals surface area contributed by atoms with E-state index in [1.807, 2.05) is 61.5 Å². The minimum atomic E-state index is -0.704. The number of nitrogens with zero attached hydrogens (tertiary/aromatic N) is 3. The Kier molecular flexibility index (Phi) is 6.57. The van der Waals surface area contributed by atoms with E-state index < -0.39 is 18.5 Å². The lowest BCUT2D eigenvalue weighted by Crippen LogP contribution is -2.31. The molecule has 0 radical (unpaired) electrons. The standard InChI is InChI=1S/C21H22N4O4/c1-15(17-10-6-7-11-19(17)28-2)22-20(26)14-29-21(27)18-13-25(24-23-18)12-16-8-4-3-5-9-16/h3-11,13,15H,12,14H2,1-2H3,(H,22,26). The first-order valence-corrected chi connectivity index (χ1v) is 9.10. The summed E-state index contributed by atoms with van der Waals surface area (Å²) in [5.74, 6) is -0.454. The first kappa shape index (κ1) is 20.1. The number of amides is 1. The van der Waals surface area contributed by atoms with E-state index in [2.05, 4.69) is 15.6 Å². The van der Waals surface area contributed by atoms with Gasteiger partial charge in [0, 0.05) is 5.56 Å². The van der Waals surface area contributed by atoms with Crippen LogP contribution in [-0.4, -0.2) is 40.6 Å². The van der Waals surface area contributed by atoms with Gasteiger partial charge in [-0.25, -0.2) is 9.48 Å². The Hall–Kier alpha value is -3.68. The number of hydrogen-bond acceptors (Lipinski definition) is 6. The highest BCUT2D eigenvalue weighted by molar-refractivity contribution is 5.89. The molecule has 29 heavy (non-hydrogen) atoms. The third kappa shape index (κ3) is 5.41. The largest absolute Gasteiger partial charge is 0.496 e. The van der Waals surface area contributed by atoms with Crippen LogP contribution in [0.2, 0.25) is 0 Å². The van der Waals surface area contributed by atoms with Crippen molar-refractivity contribution in [3.63, 3.8) is 0 Å². The van der Waals surface area contributed by atoms with Crippen molar-refractivity contribution in [3.8, 4) is 5.75 Å². The number of esters is 1. The van der Waals surface area contributed by atoms with E-state index in [1.165, 1.54) is 10.9 Å². The second-order valence-corrected chi connectivity index (χ2v) is 6.39. The highest BCUT2D eigenvalue weighted by atomic mass is 16.5. The zero-order valence-corrected chi connectivity index (χ0v) is 16.2. The molecule has 8 nitrogen and oxygen atoms in total. The van der Waals surface area contributed by atoms with Crippen molar-refractivity contribution in [2.24, 2.45) is 0 Å². The van der Waals surface area contributed by atoms with Crippen molar-refractivity contribution < 1.29 is 19.1 Å². The van der Waals surface area contributed by atoms with Crippen LogP contribution in [0.3, 0.4) is 0 Å². The van der Waals surface area contributed by atoms with Gasteiger partial charge in [0.25, 0.3) is 5.91 Å². The van der Waals surface area contributed by atoms with Crippen LogP contribution >= 0.6 is 0 Å². The van der Waals surface area contributed by atoms with E-state index in [0.29, 0.717) is 12.3 Å². The van der Waals surface area contributed by atoms with Gasteiger partial charge >= 0.3 is 5.97 Å². The van der Waals surface area contributed by atoms with Crippen LogP contribution in [0.25, 0.3) is 0 Å². The van der Waals surface area contributed by atoms with Gasteiger partial charge in [-0.3, -0.25) is 4.79 Å². The summed E-state index contributed by atoms with van der Waals surface area (Å²) in [7, 11) is 1.57. The van der Waals surface area contributed by atoms with Gasteiger partial charge in [0.1, 0.15) is 5.75 Å². The fourth-order valence-corrected chi connectivity index (χ4v) is 2.83. The fraction of sp³-hybridized carbons (Fsp3) is 0.238. The number of carbonyl (C=O) groups excluding carboxylic acids is 2. The summed E-state index contributed by atoms with van der Waals surface area (Å²) in [4.78, 5) is 24.3. The molecule has 0 aliphatic rings. The molecule has 1 unspecified atom stereocenters. The normalized spacial score (nSPS) is 11.5. The quantitative estimate of drug-likeness (QED) is 0.590. The van der Waals surface area contributed by atoms with Crippen molar-refractivity contribution in [3.05, 3.63) is 77.6 Å². The monoisotopic (exact) mass is 394 g/mol. The number of rotatable bonds is 8. The van der Waals surface area contributed by atoms with Crippen LogP contribution < -0.4 is 10.1 Å². The molecule has 3 aromatic rings. The van der Waals surface area contributed by atoms with Gasteiger partial charge in [-0.15, -0.1) is 5.10 Å². The first-order valence-electron chi connectivity index (χ1n) is 9.10. The molecule has 0 aliphatic heterocycles. The van der Waals surface area contributed by atoms with Gasteiger partial charge < -0.3 is 14.8 Å². The number of hydrogen-bond donors (Lipinski definition) is 1. The summed E-state index contributed by atoms with van der Waals surface area (Å²) < 4.78 is 11.9. The van der Waals surface area contributed by atoms with E-state index in [9.17, 15) is 9.59 Å². The predicted molar refractivity (Wildman–Crippen MR) is 105 cm³/mol. The van der Waals surface area contributed by atoms with Crippen molar-refractivity contribution >= 4 is 11.9 Å². The summed E-state index contributed by atoms with van der Waals surface area (Å²) in [6.45, 7) is 1.90. The zero-order valence-electron chi connectivity index (χ0n) is 16.2. The van der Waals surface area contributed by atoms with E-state index >= 15 is 0 Å². The van der Waals surface area contributed by atoms with Crippen LogP contribution in [0.4, 0.5) is 0 Å². The van der Waals surface area contributed by atoms with E-state index in [-0.39, 0.29) is 11.7 Å². The molecule has 1 aromatic heterocycles. The van der Waals surface area contributed by atoms with E-state index in [1.54, 1.807) is 7.11 Å². The number of aromatic nitrogens is 3. The minimum absolute atomic E-state index is 0.0477. The Bertz CT molecular complexity index is 972. The van der Waals surface area contributed by atoms with Crippen molar-refractivity contribution in [1.29, 1.82) is 0 Å². The zero-order chi connectivity index (χ0) is 20.6. The summed E-state index contributed by atoms with van der Waals surface area (Å²) >= 11 is 0. The molecule has 150 valence electrons. The molecule has 1 atom stereocenters. The molecule has 0 bridgehead atoms. The molecular weight excluding hydrogens is 372 g/mol. The Labute approximate surface area is 168 Å². The molecule has 1 amide bonds. The second-order valence-electron chi connectivity index (χ2n) is 6.39. The Morgan fingerprint density at radius 3 is 2.59 bits per heavy atom. The third-order valence-corrected chi connectivity index (χ3v) is 4.25. The van der Waals surface area contributed by atoms with Gasteiger partial charge in [-0.1, -0.05) is 53.7 Å². The minimum Gasteiger partial charge on any atom is -0.496 e. The smallest absolute Gasteiger partial charge is 0.361 e. The van der Waals surface area contributed by atoms with Gasteiger partial charge in [0.05, 0.1) is 25.9 Å². The third-order valence-electron chi connectivity index (χ3n) is 4.25. The maximum Gasteiger partial charge on any atom is 0.361 e. The Morgan fingerprint density at radius 1 is 1.10 bits per heavy atom. The fourth-order valence-electron chi connectivity index (χ4n) is 2.83. The first-order chi connectivity index (χ1) is 14.1. The van der Waals surface area contributed by atoms with E-state index in [4.69, 9.17) is 9.47 Å². The number of benzene rings is 2. The number of methoxy groups -OCH3 is 1. The van der Waals surface area contributed by atoms with Gasteiger partial charge in [-0.2, -0.15) is 0 Å². The maximum absolute atomic E-state index is 12.1. The average Bonchev–Trinajstić information content (AvgIpc) is 3.21. The lowest BCUT2D eigenvalue weighted by atomic mass is 10.1. The summed E-state index contributed by atoms with van der Waals surface area (Å²) in [5.41, 5.74) is 1.91. The molecule has 8 heteroatoms. The van der Waals surface area contributed by atoms with Gasteiger partial charge in [0.15, 0.2) is 12.3 Å². The SMILES string of the molecule is COc1ccccc1C(C)NC(=O)COC(=O)c1cn(Cc2ccccc2)nn1. The topological polar surface area (TPSA) is 95.3 Å². The van der Waals surface area contributed by atoms with Crippen LogP contribution in [-0.2, 0) is 16.1 Å². The molecule has 0 saturated heterocycles. The van der Waals surface area contributed by atoms with Crippen LogP contribution in [0.15, 0.2) is 60.8 Å². The predicted octanol–water partition coefficient (Wildman–Crippen LogP) is 2.37. The Morgan fingerprint density at radius 2 is 1.83 bits per heavy atom. The van der Waals surface area contributed by atoms with Crippen LogP contribution in [0.5, 0.6) is 5.75 Å². The molecular formula is C21H22N4O4. The van der Waals surface area contributed by atoms with Crippen molar-refractivity contribution in [2.75, 3.05) is 13.7 Å². The molecule has 2 aromatic carbocycles. The molecule has 3 rings (SSSR count). The maximum atomic E-state index is 12.1. The van der Waals surface area contributed by atoms with Crippen LogP contribution in [0.1, 0.15) is 34.6 Å². The Balaban J connectivity index is 1.50. The van der Waals surface area contributed by atoms with Crippen molar-refractivity contribution in [2.45, 2.75) is 19.5 Å². The van der Waals surface area contributed by atoms with Gasteiger partial charge in [0.2, 0.25) is 0 Å². The number of ether oxygens (including phenoxy) is 2. The van der Waals surface area contributed by atoms with Crippen LogP contribution in [0, 0.1) is 0 Å². The highest BCUT2D eigenvalue weighted by Gasteiger charge is 2.17. The number of nitrogens with one attached hydrogen (secondary N) is 1. The average molecular weight is 394 g/mol. The van der Waals surface area contributed by atoms with E-state index in [0.717, 1.165) is 11.1 Å².